The summed E-state index contributed by atoms with van der Waals surface area (Å²) in [6.07, 6.45) is 1.52. The summed E-state index contributed by atoms with van der Waals surface area (Å²) in [5.74, 6) is -0.611. The van der Waals surface area contributed by atoms with E-state index in [9.17, 15) is 4.79 Å². The Morgan fingerprint density at radius 2 is 2.40 bits per heavy atom. The van der Waals surface area contributed by atoms with Gasteiger partial charge in [-0.15, -0.1) is 11.3 Å². The number of aryl methyl sites for hydroxylation is 1. The molecule has 0 aliphatic rings. The Kier molecular flexibility index (Phi) is 4.06. The number of nitriles is 1. The summed E-state index contributed by atoms with van der Waals surface area (Å²) in [5, 5.41) is 8.74. The molecular formula is C10H8BrNO2S. The molecule has 0 spiro atoms. The molecule has 3 nitrogen and oxygen atoms in total. The smallest absolute Gasteiger partial charge is 0.348 e. The molecule has 5 heteroatoms. The van der Waals surface area contributed by atoms with Crippen molar-refractivity contribution in [2.75, 3.05) is 7.11 Å². The quantitative estimate of drug-likeness (QED) is 0.477. The van der Waals surface area contributed by atoms with Gasteiger partial charge in [-0.1, -0.05) is 0 Å². The van der Waals surface area contributed by atoms with Crippen LogP contribution in [0, 0.1) is 18.3 Å². The van der Waals surface area contributed by atoms with Gasteiger partial charge in [0.05, 0.1) is 7.11 Å². The standard InChI is InChI=1S/C10H8BrNO2S/c1-6-9(11)4-8(15-6)3-7(5-12)10(13)14-2/h3-4H,1-2H3. The molecule has 1 heterocycles. The molecule has 78 valence electrons. The second kappa shape index (κ2) is 5.10. The molecule has 1 aromatic rings. The van der Waals surface area contributed by atoms with E-state index in [1.165, 1.54) is 24.5 Å². The molecule has 1 rings (SSSR count). The number of hydrogen-bond donors (Lipinski definition) is 0. The lowest BCUT2D eigenvalue weighted by molar-refractivity contribution is -0.135. The van der Waals surface area contributed by atoms with E-state index in [-0.39, 0.29) is 5.57 Å². The first-order valence-electron chi connectivity index (χ1n) is 4.04. The first-order chi connectivity index (χ1) is 7.08. The molecule has 0 fully saturated rings. The minimum Gasteiger partial charge on any atom is -0.465 e. The van der Waals surface area contributed by atoms with Gasteiger partial charge in [0, 0.05) is 14.2 Å². The van der Waals surface area contributed by atoms with Crippen molar-refractivity contribution in [3.05, 3.63) is 25.9 Å². The zero-order chi connectivity index (χ0) is 11.4. The fourth-order valence-electron chi connectivity index (χ4n) is 0.942. The van der Waals surface area contributed by atoms with Crippen molar-refractivity contribution < 1.29 is 9.53 Å². The van der Waals surface area contributed by atoms with Gasteiger partial charge >= 0.3 is 5.97 Å². The van der Waals surface area contributed by atoms with Gasteiger partial charge < -0.3 is 4.74 Å². The Balaban J connectivity index is 3.05. The number of ether oxygens (including phenoxy) is 1. The van der Waals surface area contributed by atoms with Crippen molar-refractivity contribution in [1.82, 2.24) is 0 Å². The molecule has 0 atom stereocenters. The maximum Gasteiger partial charge on any atom is 0.348 e. The minimum absolute atomic E-state index is 0.00579. The Morgan fingerprint density at radius 3 is 2.80 bits per heavy atom. The predicted molar refractivity (Wildman–Crippen MR) is 62.4 cm³/mol. The summed E-state index contributed by atoms with van der Waals surface area (Å²) in [7, 11) is 1.25. The normalized spacial score (nSPS) is 10.9. The van der Waals surface area contributed by atoms with Gasteiger partial charge in [-0.3, -0.25) is 0 Å². The zero-order valence-electron chi connectivity index (χ0n) is 8.20. The third-order valence-electron chi connectivity index (χ3n) is 1.69. The zero-order valence-corrected chi connectivity index (χ0v) is 10.6. The maximum atomic E-state index is 11.1. The van der Waals surface area contributed by atoms with E-state index in [4.69, 9.17) is 5.26 Å². The summed E-state index contributed by atoms with van der Waals surface area (Å²) in [6, 6.07) is 3.67. The number of halogens is 1. The van der Waals surface area contributed by atoms with Gasteiger partial charge in [0.25, 0.3) is 0 Å². The second-order valence-corrected chi connectivity index (χ2v) is 4.86. The van der Waals surface area contributed by atoms with Gasteiger partial charge in [0.1, 0.15) is 11.6 Å². The Morgan fingerprint density at radius 1 is 1.73 bits per heavy atom. The summed E-state index contributed by atoms with van der Waals surface area (Å²) in [6.45, 7) is 1.95. The summed E-state index contributed by atoms with van der Waals surface area (Å²) in [4.78, 5) is 13.1. The SMILES string of the molecule is COC(=O)C(C#N)=Cc1cc(Br)c(C)s1. The molecular weight excluding hydrogens is 278 g/mol. The fourth-order valence-corrected chi connectivity index (χ4v) is 2.45. The summed E-state index contributed by atoms with van der Waals surface area (Å²) >= 11 is 4.87. The van der Waals surface area contributed by atoms with Crippen molar-refractivity contribution in [1.29, 1.82) is 5.26 Å². The van der Waals surface area contributed by atoms with Crippen LogP contribution in [0.5, 0.6) is 0 Å². The fraction of sp³-hybridized carbons (Fsp3) is 0.200. The van der Waals surface area contributed by atoms with Gasteiger partial charge in [-0.2, -0.15) is 5.26 Å². The van der Waals surface area contributed by atoms with Crippen LogP contribution in [0.3, 0.4) is 0 Å². The van der Waals surface area contributed by atoms with E-state index in [1.54, 1.807) is 0 Å². The highest BCUT2D eigenvalue weighted by molar-refractivity contribution is 9.10. The highest BCUT2D eigenvalue weighted by Crippen LogP contribution is 2.27. The van der Waals surface area contributed by atoms with Crippen molar-refractivity contribution >= 4 is 39.3 Å². The number of rotatable bonds is 2. The molecule has 15 heavy (non-hydrogen) atoms. The van der Waals surface area contributed by atoms with Crippen LogP contribution in [0.2, 0.25) is 0 Å². The first-order valence-corrected chi connectivity index (χ1v) is 5.65. The van der Waals surface area contributed by atoms with Crippen LogP contribution in [0.25, 0.3) is 6.08 Å². The van der Waals surface area contributed by atoms with Crippen LogP contribution in [-0.2, 0) is 9.53 Å². The van der Waals surface area contributed by atoms with E-state index in [0.717, 1.165) is 14.2 Å². The Hall–Kier alpha value is -1.12. The van der Waals surface area contributed by atoms with Crippen molar-refractivity contribution in [2.45, 2.75) is 6.92 Å². The molecule has 0 saturated heterocycles. The van der Waals surface area contributed by atoms with Crippen LogP contribution >= 0.6 is 27.3 Å². The van der Waals surface area contributed by atoms with Gasteiger partial charge in [-0.05, 0) is 35.0 Å². The Bertz CT molecular complexity index is 437. The van der Waals surface area contributed by atoms with Crippen molar-refractivity contribution in [3.63, 3.8) is 0 Å². The molecule has 0 aliphatic heterocycles. The highest BCUT2D eigenvalue weighted by Gasteiger charge is 2.09. The van der Waals surface area contributed by atoms with Crippen LogP contribution in [0.15, 0.2) is 16.1 Å². The first kappa shape index (κ1) is 12.0. The Labute approximate surface area is 100 Å². The van der Waals surface area contributed by atoms with Gasteiger partial charge in [0.15, 0.2) is 0 Å². The van der Waals surface area contributed by atoms with E-state index >= 15 is 0 Å². The molecule has 1 aromatic heterocycles. The number of carbonyl (C=O) groups is 1. The molecule has 0 amide bonds. The van der Waals surface area contributed by atoms with Crippen LogP contribution in [0.1, 0.15) is 9.75 Å². The number of nitrogens with zero attached hydrogens (tertiary/aromatic N) is 1. The number of hydrogen-bond acceptors (Lipinski definition) is 4. The van der Waals surface area contributed by atoms with Gasteiger partial charge in [-0.25, -0.2) is 4.79 Å². The third kappa shape index (κ3) is 2.91. The lowest BCUT2D eigenvalue weighted by atomic mass is 10.2. The predicted octanol–water partition coefficient (Wildman–Crippen LogP) is 2.90. The lowest BCUT2D eigenvalue weighted by Gasteiger charge is -1.93. The van der Waals surface area contributed by atoms with Crippen molar-refractivity contribution in [2.24, 2.45) is 0 Å². The average Bonchev–Trinajstić information content (AvgIpc) is 2.53. The number of thiophene rings is 1. The van der Waals surface area contributed by atoms with Gasteiger partial charge in [0.2, 0.25) is 0 Å². The maximum absolute atomic E-state index is 11.1. The van der Waals surface area contributed by atoms with Crippen molar-refractivity contribution in [3.8, 4) is 6.07 Å². The monoisotopic (exact) mass is 285 g/mol. The minimum atomic E-state index is -0.611. The molecule has 0 radical (unpaired) electrons. The lowest BCUT2D eigenvalue weighted by Crippen LogP contribution is -2.02. The van der Waals surface area contributed by atoms with E-state index in [0.29, 0.717) is 0 Å². The average molecular weight is 286 g/mol. The third-order valence-corrected chi connectivity index (χ3v) is 3.77. The van der Waals surface area contributed by atoms with E-state index in [1.807, 2.05) is 19.1 Å². The molecule has 0 unspecified atom stereocenters. The molecule has 0 aliphatic carbocycles. The number of methoxy groups -OCH3 is 1. The number of carbonyl (C=O) groups excluding carboxylic acids is 1. The molecule has 0 aromatic carbocycles. The van der Waals surface area contributed by atoms with Crippen LogP contribution in [-0.4, -0.2) is 13.1 Å². The van der Waals surface area contributed by atoms with E-state index in [2.05, 4.69) is 20.7 Å². The summed E-state index contributed by atoms with van der Waals surface area (Å²) < 4.78 is 5.45. The number of esters is 1. The highest BCUT2D eigenvalue weighted by atomic mass is 79.9. The molecule has 0 saturated carbocycles. The molecule has 0 bridgehead atoms. The second-order valence-electron chi connectivity index (χ2n) is 2.71. The largest absolute Gasteiger partial charge is 0.465 e. The topological polar surface area (TPSA) is 50.1 Å². The van der Waals surface area contributed by atoms with Crippen LogP contribution < -0.4 is 0 Å². The summed E-state index contributed by atoms with van der Waals surface area (Å²) in [5.41, 5.74) is 0.00579. The molecule has 0 N–H and O–H groups in total. The van der Waals surface area contributed by atoms with E-state index < -0.39 is 5.97 Å². The van der Waals surface area contributed by atoms with Crippen LogP contribution in [0.4, 0.5) is 0 Å².